The summed E-state index contributed by atoms with van der Waals surface area (Å²) in [5.41, 5.74) is 4.43. The molecule has 0 aromatic heterocycles. The molecule has 3 aromatic carbocycles. The SMILES string of the molecule is COC(=O)C1=C(C)N(Cc2ccccc2)C(=NCc2ccc3c(c2)OCO3)N[C@H]1c1ccccc1. The first-order valence-corrected chi connectivity index (χ1v) is 11.5. The van der Waals surface area contributed by atoms with Crippen molar-refractivity contribution in [3.05, 3.63) is 107 Å². The summed E-state index contributed by atoms with van der Waals surface area (Å²) in [6.07, 6.45) is 0. The Labute approximate surface area is 204 Å². The Hall–Kier alpha value is -4.26. The van der Waals surface area contributed by atoms with Gasteiger partial charge in [0.2, 0.25) is 6.79 Å². The number of ether oxygens (including phenoxy) is 3. The number of hydrogen-bond donors (Lipinski definition) is 1. The summed E-state index contributed by atoms with van der Waals surface area (Å²) in [7, 11) is 1.41. The fourth-order valence-corrected chi connectivity index (χ4v) is 4.36. The van der Waals surface area contributed by atoms with E-state index in [0.717, 1.165) is 33.9 Å². The van der Waals surface area contributed by atoms with Crippen molar-refractivity contribution in [2.45, 2.75) is 26.1 Å². The Morgan fingerprint density at radius 3 is 2.46 bits per heavy atom. The maximum atomic E-state index is 12.9. The standard InChI is InChI=1S/C28H27N3O4/c1-19-25(27(32)33-2)26(22-11-7-4-8-12-22)30-28(31(19)17-20-9-5-3-6-10-20)29-16-21-13-14-23-24(15-21)35-18-34-23/h3-15,26H,16-18H2,1-2H3,(H,29,30)/t26-/m0/s1. The quantitative estimate of drug-likeness (QED) is 0.534. The van der Waals surface area contributed by atoms with Crippen molar-refractivity contribution in [2.75, 3.05) is 13.9 Å². The van der Waals surface area contributed by atoms with Gasteiger partial charge in [-0.3, -0.25) is 0 Å². The van der Waals surface area contributed by atoms with Crippen LogP contribution in [-0.4, -0.2) is 30.7 Å². The number of esters is 1. The molecule has 5 rings (SSSR count). The molecule has 178 valence electrons. The Balaban J connectivity index is 1.55. The summed E-state index contributed by atoms with van der Waals surface area (Å²) >= 11 is 0. The summed E-state index contributed by atoms with van der Waals surface area (Å²) in [6, 6.07) is 25.4. The van der Waals surface area contributed by atoms with Crippen molar-refractivity contribution in [1.82, 2.24) is 10.2 Å². The molecule has 0 bridgehead atoms. The summed E-state index contributed by atoms with van der Waals surface area (Å²) in [6.45, 7) is 3.18. The number of rotatable bonds is 6. The van der Waals surface area contributed by atoms with E-state index in [9.17, 15) is 4.79 Å². The first-order valence-electron chi connectivity index (χ1n) is 11.5. The van der Waals surface area contributed by atoms with Gasteiger partial charge >= 0.3 is 5.97 Å². The fourth-order valence-electron chi connectivity index (χ4n) is 4.36. The second-order valence-electron chi connectivity index (χ2n) is 8.38. The molecule has 0 aliphatic carbocycles. The second-order valence-corrected chi connectivity index (χ2v) is 8.38. The second kappa shape index (κ2) is 9.93. The Morgan fingerprint density at radius 2 is 1.71 bits per heavy atom. The van der Waals surface area contributed by atoms with Gasteiger partial charge in [0.15, 0.2) is 17.5 Å². The number of allylic oxidation sites excluding steroid dienone is 1. The lowest BCUT2D eigenvalue weighted by molar-refractivity contribution is -0.136. The number of nitrogens with zero attached hydrogens (tertiary/aromatic N) is 2. The Kier molecular flexibility index (Phi) is 6.39. The monoisotopic (exact) mass is 469 g/mol. The van der Waals surface area contributed by atoms with Crippen molar-refractivity contribution >= 4 is 11.9 Å². The highest BCUT2D eigenvalue weighted by atomic mass is 16.7. The minimum Gasteiger partial charge on any atom is -0.466 e. The average molecular weight is 470 g/mol. The lowest BCUT2D eigenvalue weighted by Gasteiger charge is -2.38. The maximum Gasteiger partial charge on any atom is 0.337 e. The fraction of sp³-hybridized carbons (Fsp3) is 0.214. The van der Waals surface area contributed by atoms with Crippen LogP contribution in [0.1, 0.15) is 29.7 Å². The lowest BCUT2D eigenvalue weighted by atomic mass is 9.94. The van der Waals surface area contributed by atoms with Crippen LogP contribution in [0, 0.1) is 0 Å². The van der Waals surface area contributed by atoms with Crippen LogP contribution < -0.4 is 14.8 Å². The average Bonchev–Trinajstić information content (AvgIpc) is 3.37. The minimum atomic E-state index is -0.383. The molecular formula is C28H27N3O4. The normalized spacial score (nSPS) is 17.9. The molecule has 0 fully saturated rings. The van der Waals surface area contributed by atoms with E-state index >= 15 is 0 Å². The third-order valence-corrected chi connectivity index (χ3v) is 6.18. The molecule has 2 aliphatic rings. The van der Waals surface area contributed by atoms with E-state index in [4.69, 9.17) is 19.2 Å². The Morgan fingerprint density at radius 1 is 1.00 bits per heavy atom. The predicted molar refractivity (Wildman–Crippen MR) is 133 cm³/mol. The van der Waals surface area contributed by atoms with E-state index < -0.39 is 0 Å². The topological polar surface area (TPSA) is 72.4 Å². The molecule has 2 heterocycles. The number of carbonyl (C=O) groups excluding carboxylic acids is 1. The van der Waals surface area contributed by atoms with E-state index in [1.807, 2.05) is 78.6 Å². The van der Waals surface area contributed by atoms with E-state index in [0.29, 0.717) is 24.6 Å². The van der Waals surface area contributed by atoms with Gasteiger partial charge < -0.3 is 24.4 Å². The van der Waals surface area contributed by atoms with Crippen molar-refractivity contribution in [3.63, 3.8) is 0 Å². The minimum absolute atomic E-state index is 0.235. The molecule has 7 heteroatoms. The molecule has 0 amide bonds. The van der Waals surface area contributed by atoms with Gasteiger partial charge in [0, 0.05) is 5.70 Å². The first-order chi connectivity index (χ1) is 17.1. The molecule has 1 N–H and O–H groups in total. The lowest BCUT2D eigenvalue weighted by Crippen LogP contribution is -2.48. The van der Waals surface area contributed by atoms with E-state index in [2.05, 4.69) is 17.4 Å². The summed E-state index contributed by atoms with van der Waals surface area (Å²) in [4.78, 5) is 19.9. The molecule has 0 radical (unpaired) electrons. The van der Waals surface area contributed by atoms with Crippen molar-refractivity contribution in [1.29, 1.82) is 0 Å². The highest BCUT2D eigenvalue weighted by Gasteiger charge is 2.35. The van der Waals surface area contributed by atoms with Crippen LogP contribution in [0.25, 0.3) is 0 Å². The van der Waals surface area contributed by atoms with Gasteiger partial charge in [0.05, 0.1) is 31.8 Å². The van der Waals surface area contributed by atoms with Crippen LogP contribution in [0.5, 0.6) is 11.5 Å². The van der Waals surface area contributed by atoms with E-state index in [1.165, 1.54) is 7.11 Å². The third kappa shape index (κ3) is 4.71. The molecule has 35 heavy (non-hydrogen) atoms. The molecule has 7 nitrogen and oxygen atoms in total. The Bertz CT molecular complexity index is 1270. The number of methoxy groups -OCH3 is 1. The number of carbonyl (C=O) groups is 1. The first kappa shape index (κ1) is 22.5. The molecule has 0 spiro atoms. The van der Waals surface area contributed by atoms with Crippen LogP contribution in [-0.2, 0) is 22.6 Å². The molecule has 0 saturated heterocycles. The molecule has 0 saturated carbocycles. The highest BCUT2D eigenvalue weighted by Crippen LogP contribution is 2.34. The maximum absolute atomic E-state index is 12.9. The van der Waals surface area contributed by atoms with Crippen LogP contribution in [0.2, 0.25) is 0 Å². The van der Waals surface area contributed by atoms with Gasteiger partial charge in [0.1, 0.15) is 0 Å². The predicted octanol–water partition coefficient (Wildman–Crippen LogP) is 4.57. The van der Waals surface area contributed by atoms with Crippen molar-refractivity contribution < 1.29 is 19.0 Å². The number of aliphatic imine (C=N–C) groups is 1. The van der Waals surface area contributed by atoms with Gasteiger partial charge in [-0.2, -0.15) is 0 Å². The molecule has 1 atom stereocenters. The highest BCUT2D eigenvalue weighted by molar-refractivity contribution is 5.96. The van der Waals surface area contributed by atoms with Gasteiger partial charge in [-0.1, -0.05) is 66.7 Å². The number of guanidine groups is 1. The molecular weight excluding hydrogens is 442 g/mol. The summed E-state index contributed by atoms with van der Waals surface area (Å²) < 4.78 is 16.1. The van der Waals surface area contributed by atoms with Crippen molar-refractivity contribution in [2.24, 2.45) is 4.99 Å². The third-order valence-electron chi connectivity index (χ3n) is 6.18. The zero-order chi connectivity index (χ0) is 24.2. The summed E-state index contributed by atoms with van der Waals surface area (Å²) in [5.74, 6) is 1.79. The summed E-state index contributed by atoms with van der Waals surface area (Å²) in [5, 5.41) is 3.52. The number of nitrogens with one attached hydrogen (secondary N) is 1. The van der Waals surface area contributed by atoms with E-state index in [-0.39, 0.29) is 18.8 Å². The smallest absolute Gasteiger partial charge is 0.337 e. The van der Waals surface area contributed by atoms with Crippen LogP contribution in [0.4, 0.5) is 0 Å². The van der Waals surface area contributed by atoms with Gasteiger partial charge in [-0.05, 0) is 35.7 Å². The number of hydrogen-bond acceptors (Lipinski definition) is 5. The molecule has 2 aliphatic heterocycles. The van der Waals surface area contributed by atoms with Crippen molar-refractivity contribution in [3.8, 4) is 11.5 Å². The largest absolute Gasteiger partial charge is 0.466 e. The number of fused-ring (bicyclic) bond motifs is 1. The van der Waals surface area contributed by atoms with Crippen LogP contribution in [0.3, 0.4) is 0 Å². The van der Waals surface area contributed by atoms with Crippen LogP contribution >= 0.6 is 0 Å². The van der Waals surface area contributed by atoms with E-state index in [1.54, 1.807) is 0 Å². The zero-order valence-corrected chi connectivity index (χ0v) is 19.7. The van der Waals surface area contributed by atoms with Gasteiger partial charge in [-0.15, -0.1) is 0 Å². The van der Waals surface area contributed by atoms with Gasteiger partial charge in [-0.25, -0.2) is 9.79 Å². The molecule has 3 aromatic rings. The zero-order valence-electron chi connectivity index (χ0n) is 19.7. The number of benzene rings is 3. The van der Waals surface area contributed by atoms with Gasteiger partial charge in [0.25, 0.3) is 0 Å². The molecule has 0 unspecified atom stereocenters. The van der Waals surface area contributed by atoms with Crippen LogP contribution in [0.15, 0.2) is 95.1 Å².